The fourth-order valence-corrected chi connectivity index (χ4v) is 6.15. The van der Waals surface area contributed by atoms with Crippen molar-refractivity contribution >= 4 is 43.1 Å². The summed E-state index contributed by atoms with van der Waals surface area (Å²) in [7, 11) is 0. The number of aromatic hydroxyl groups is 1. The Labute approximate surface area is 244 Å². The molecule has 0 aliphatic carbocycles. The highest BCUT2D eigenvalue weighted by Crippen LogP contribution is 2.42. The Morgan fingerprint density at radius 2 is 1.67 bits per heavy atom. The van der Waals surface area contributed by atoms with Crippen molar-refractivity contribution in [3.05, 3.63) is 143 Å². The van der Waals surface area contributed by atoms with Crippen LogP contribution >= 0.6 is 11.3 Å². The summed E-state index contributed by atoms with van der Waals surface area (Å²) in [6.07, 6.45) is 1.91. The molecule has 0 saturated heterocycles. The first-order valence-corrected chi connectivity index (χ1v) is 14.1. The fourth-order valence-electron chi connectivity index (χ4n) is 5.25. The third-order valence-electron chi connectivity index (χ3n) is 7.20. The molecule has 7 aromatic rings. The minimum absolute atomic E-state index is 0.0311. The van der Waals surface area contributed by atoms with Gasteiger partial charge < -0.3 is 10.4 Å². The molecule has 0 radical (unpaired) electrons. The zero-order valence-electron chi connectivity index (χ0n) is 22.1. The number of aromatic nitrogens is 3. The summed E-state index contributed by atoms with van der Waals surface area (Å²) >= 11 is 1.52. The van der Waals surface area contributed by atoms with Crippen LogP contribution in [0.1, 0.15) is 17.2 Å². The molecule has 0 saturated carbocycles. The topological polar surface area (TPSA) is 106 Å². The summed E-state index contributed by atoms with van der Waals surface area (Å²) in [5.41, 5.74) is 4.19. The van der Waals surface area contributed by atoms with Crippen LogP contribution in [0.25, 0.3) is 37.9 Å². The number of rotatable bonds is 7. The Hall–Kier alpha value is -5.54. The molecule has 1 unspecified atom stereocenters. The van der Waals surface area contributed by atoms with Crippen molar-refractivity contribution < 1.29 is 10.0 Å². The van der Waals surface area contributed by atoms with E-state index in [-0.39, 0.29) is 11.4 Å². The Morgan fingerprint density at radius 3 is 2.50 bits per heavy atom. The molecule has 0 aliphatic rings. The van der Waals surface area contributed by atoms with E-state index in [1.54, 1.807) is 16.8 Å². The Morgan fingerprint density at radius 1 is 0.881 bits per heavy atom. The first-order valence-electron chi connectivity index (χ1n) is 13.3. The summed E-state index contributed by atoms with van der Waals surface area (Å²) in [6.45, 7) is 0. The average molecular weight is 570 g/mol. The predicted octanol–water partition coefficient (Wildman–Crippen LogP) is 8.12. The van der Waals surface area contributed by atoms with E-state index in [1.807, 2.05) is 97.2 Å². The normalized spacial score (nSPS) is 12.0. The van der Waals surface area contributed by atoms with E-state index in [0.29, 0.717) is 22.0 Å². The first-order chi connectivity index (χ1) is 20.5. The van der Waals surface area contributed by atoms with Crippen molar-refractivity contribution in [2.75, 3.05) is 5.32 Å². The van der Waals surface area contributed by atoms with Crippen LogP contribution in [0.15, 0.2) is 121 Å². The van der Waals surface area contributed by atoms with Crippen molar-refractivity contribution in [3.8, 4) is 22.7 Å². The van der Waals surface area contributed by atoms with Gasteiger partial charge >= 0.3 is 0 Å². The molecule has 2 N–H and O–H groups in total. The molecule has 8 nitrogen and oxygen atoms in total. The molecule has 0 amide bonds. The van der Waals surface area contributed by atoms with Crippen molar-refractivity contribution in [2.45, 2.75) is 6.04 Å². The van der Waals surface area contributed by atoms with Crippen LogP contribution in [0.3, 0.4) is 0 Å². The standard InChI is InChI=1S/C33H23N5O3S/c39-28-18-17-21-9-4-5-14-25(21)30(28)32(35-33-34-27-15-6-7-16-29(27)42-33)26-20-37(23-11-2-1-3-12-23)36-31(26)22-10-8-13-24(19-22)38(40)41/h1-20,32,39H,(H,34,35). The predicted molar refractivity (Wildman–Crippen MR) is 166 cm³/mol. The molecule has 5 aromatic carbocycles. The molecule has 204 valence electrons. The summed E-state index contributed by atoms with van der Waals surface area (Å²) < 4.78 is 2.79. The number of phenols is 1. The number of para-hydroxylation sites is 2. The maximum atomic E-state index is 11.7. The lowest BCUT2D eigenvalue weighted by Gasteiger charge is -2.22. The third-order valence-corrected chi connectivity index (χ3v) is 8.17. The second-order valence-corrected chi connectivity index (χ2v) is 10.8. The van der Waals surface area contributed by atoms with Crippen LogP contribution in [-0.4, -0.2) is 24.8 Å². The molecule has 1 atom stereocenters. The molecule has 0 aliphatic heterocycles. The number of thiazole rings is 1. The van der Waals surface area contributed by atoms with Crippen molar-refractivity contribution in [1.82, 2.24) is 14.8 Å². The number of nitro groups is 1. The molecule has 2 heterocycles. The van der Waals surface area contributed by atoms with E-state index < -0.39 is 11.0 Å². The van der Waals surface area contributed by atoms with Gasteiger partial charge in [0.2, 0.25) is 0 Å². The average Bonchev–Trinajstić information content (AvgIpc) is 3.65. The lowest BCUT2D eigenvalue weighted by molar-refractivity contribution is -0.384. The highest BCUT2D eigenvalue weighted by atomic mass is 32.1. The second kappa shape index (κ2) is 10.5. The van der Waals surface area contributed by atoms with Crippen LogP contribution in [0.4, 0.5) is 10.8 Å². The molecule has 42 heavy (non-hydrogen) atoms. The highest BCUT2D eigenvalue weighted by Gasteiger charge is 2.28. The number of hydrogen-bond acceptors (Lipinski definition) is 7. The van der Waals surface area contributed by atoms with Crippen molar-refractivity contribution in [1.29, 1.82) is 0 Å². The molecule has 0 fully saturated rings. The van der Waals surface area contributed by atoms with Gasteiger partial charge in [0.05, 0.1) is 32.6 Å². The van der Waals surface area contributed by atoms with E-state index in [0.717, 1.165) is 32.2 Å². The number of nitrogens with one attached hydrogen (secondary N) is 1. The first kappa shape index (κ1) is 25.4. The zero-order valence-corrected chi connectivity index (χ0v) is 22.9. The van der Waals surface area contributed by atoms with E-state index in [4.69, 9.17) is 10.1 Å². The number of phenolic OH excluding ortho intramolecular Hbond substituents is 1. The van der Waals surface area contributed by atoms with E-state index in [1.165, 1.54) is 23.5 Å². The number of non-ortho nitro benzene ring substituents is 1. The van der Waals surface area contributed by atoms with Crippen molar-refractivity contribution in [3.63, 3.8) is 0 Å². The van der Waals surface area contributed by atoms with Gasteiger partial charge in [-0.05, 0) is 41.1 Å². The van der Waals surface area contributed by atoms with Gasteiger partial charge in [0.15, 0.2) is 5.13 Å². The summed E-state index contributed by atoms with van der Waals surface area (Å²) in [4.78, 5) is 16.1. The number of nitro benzene ring substituents is 1. The van der Waals surface area contributed by atoms with Gasteiger partial charge in [0, 0.05) is 35.0 Å². The SMILES string of the molecule is O=[N+]([O-])c1cccc(-c2nn(-c3ccccc3)cc2C(Nc2nc3ccccc3s2)c2c(O)ccc3ccccc23)c1. The van der Waals surface area contributed by atoms with E-state index in [2.05, 4.69) is 5.32 Å². The largest absolute Gasteiger partial charge is 0.508 e. The van der Waals surface area contributed by atoms with Gasteiger partial charge in [-0.1, -0.05) is 84.1 Å². The molecular formula is C33H23N5O3S. The van der Waals surface area contributed by atoms with Crippen LogP contribution in [0.5, 0.6) is 5.75 Å². The number of anilines is 1. The minimum atomic E-state index is -0.608. The van der Waals surface area contributed by atoms with Gasteiger partial charge in [-0.25, -0.2) is 9.67 Å². The quantitative estimate of drug-likeness (QED) is 0.148. The van der Waals surface area contributed by atoms with Gasteiger partial charge in [-0.2, -0.15) is 5.10 Å². The monoisotopic (exact) mass is 569 g/mol. The smallest absolute Gasteiger partial charge is 0.270 e. The van der Waals surface area contributed by atoms with Gasteiger partial charge in [-0.3, -0.25) is 10.1 Å². The van der Waals surface area contributed by atoms with Crippen LogP contribution < -0.4 is 5.32 Å². The number of fused-ring (bicyclic) bond motifs is 2. The van der Waals surface area contributed by atoms with E-state index >= 15 is 0 Å². The fraction of sp³-hybridized carbons (Fsp3) is 0.0303. The molecule has 7 rings (SSSR count). The zero-order chi connectivity index (χ0) is 28.6. The van der Waals surface area contributed by atoms with E-state index in [9.17, 15) is 15.2 Å². The molecular weight excluding hydrogens is 546 g/mol. The lowest BCUT2D eigenvalue weighted by Crippen LogP contribution is -2.13. The van der Waals surface area contributed by atoms with Gasteiger partial charge in [0.1, 0.15) is 5.75 Å². The maximum absolute atomic E-state index is 11.7. The molecule has 9 heteroatoms. The third kappa shape index (κ3) is 4.61. The summed E-state index contributed by atoms with van der Waals surface area (Å²) in [6, 6.07) is 34.9. The Kier molecular flexibility index (Phi) is 6.33. The molecule has 0 bridgehead atoms. The maximum Gasteiger partial charge on any atom is 0.270 e. The molecule has 2 aromatic heterocycles. The Bertz CT molecular complexity index is 2050. The van der Waals surface area contributed by atoms with Gasteiger partial charge in [0.25, 0.3) is 5.69 Å². The van der Waals surface area contributed by atoms with Crippen molar-refractivity contribution in [2.24, 2.45) is 0 Å². The Balaban J connectivity index is 1.50. The summed E-state index contributed by atoms with van der Waals surface area (Å²) in [5.74, 6) is 0.116. The van der Waals surface area contributed by atoms with Crippen LogP contribution in [0, 0.1) is 10.1 Å². The second-order valence-electron chi connectivity index (χ2n) is 9.80. The molecule has 0 spiro atoms. The summed E-state index contributed by atoms with van der Waals surface area (Å²) in [5, 5.41) is 34.1. The van der Waals surface area contributed by atoms with Gasteiger partial charge in [-0.15, -0.1) is 0 Å². The highest BCUT2D eigenvalue weighted by molar-refractivity contribution is 7.22. The lowest BCUT2D eigenvalue weighted by atomic mass is 9.91. The minimum Gasteiger partial charge on any atom is -0.508 e. The van der Waals surface area contributed by atoms with Crippen LogP contribution in [0.2, 0.25) is 0 Å². The number of nitrogens with zero attached hydrogens (tertiary/aromatic N) is 4. The number of benzene rings is 5. The van der Waals surface area contributed by atoms with Crippen LogP contribution in [-0.2, 0) is 0 Å². The number of hydrogen-bond donors (Lipinski definition) is 2.